The number of aryl methyl sites for hydroxylation is 2. The number of alkyl halides is 5. The van der Waals surface area contributed by atoms with Gasteiger partial charge in [-0.15, -0.1) is 10.2 Å². The molecule has 0 spiro atoms. The van der Waals surface area contributed by atoms with Crippen molar-refractivity contribution >= 4 is 11.7 Å². The molecule has 2 fully saturated rings. The molecule has 1 aliphatic heterocycles. The van der Waals surface area contributed by atoms with Gasteiger partial charge in [0, 0.05) is 17.3 Å². The van der Waals surface area contributed by atoms with E-state index in [1.807, 2.05) is 13.0 Å². The minimum absolute atomic E-state index is 0.0884. The summed E-state index contributed by atoms with van der Waals surface area (Å²) in [7, 11) is 0. The number of amides is 1. The predicted molar refractivity (Wildman–Crippen MR) is 116 cm³/mol. The maximum absolute atomic E-state index is 14.0. The molecule has 0 N–H and O–H groups in total. The number of hydrogen-bond acceptors (Lipinski definition) is 4. The number of nitrogens with zero attached hydrogens (tertiary/aromatic N) is 5. The molecule has 1 saturated carbocycles. The van der Waals surface area contributed by atoms with E-state index in [0.29, 0.717) is 18.5 Å². The number of benzene rings is 1. The zero-order valence-electron chi connectivity index (χ0n) is 18.9. The van der Waals surface area contributed by atoms with Gasteiger partial charge in [0.2, 0.25) is 11.7 Å². The van der Waals surface area contributed by atoms with Crippen LogP contribution in [0.15, 0.2) is 36.4 Å². The number of hydrogen-bond donors (Lipinski definition) is 0. The molecule has 3 heterocycles. The highest BCUT2D eigenvalue weighted by Gasteiger charge is 2.54. The van der Waals surface area contributed by atoms with E-state index in [-0.39, 0.29) is 29.2 Å². The van der Waals surface area contributed by atoms with Gasteiger partial charge in [-0.25, -0.2) is 13.8 Å². The average Bonchev–Trinajstić information content (AvgIpc) is 3.48. The monoisotopic (exact) mass is 491 g/mol. The fraction of sp³-hybridized carbons (Fsp3) is 0.417. The molecular weight excluding hydrogens is 469 g/mol. The van der Waals surface area contributed by atoms with Crippen molar-refractivity contribution in [1.82, 2.24) is 19.7 Å². The quantitative estimate of drug-likeness (QED) is 0.437. The Hall–Kier alpha value is -3.37. The summed E-state index contributed by atoms with van der Waals surface area (Å²) >= 11 is 0. The molecule has 35 heavy (non-hydrogen) atoms. The van der Waals surface area contributed by atoms with Crippen LogP contribution in [0.3, 0.4) is 0 Å². The molecule has 2 aliphatic rings. The van der Waals surface area contributed by atoms with Crippen LogP contribution in [0.4, 0.5) is 27.8 Å². The van der Waals surface area contributed by atoms with Gasteiger partial charge in [-0.05, 0) is 62.4 Å². The second-order valence-electron chi connectivity index (χ2n) is 9.10. The molecule has 184 valence electrons. The standard InChI is InChI=1S/C24H22F5N5O/c1-12-5-3-6-15(9-12)33-21(31-32-22(33)20(25)26)19-16-7-4-8-17(16)23(35)34(19)18-11-14(24(27,28)29)10-13(2)30-18/h3,5-6,9-11,16-17,19-20H,4,7-8H2,1-2H3/t16-,17+,19-/m0/s1. The molecule has 5 rings (SSSR count). The van der Waals surface area contributed by atoms with Gasteiger partial charge in [-0.2, -0.15) is 13.2 Å². The molecule has 3 aromatic rings. The van der Waals surface area contributed by atoms with Crippen molar-refractivity contribution in [2.45, 2.75) is 51.8 Å². The van der Waals surface area contributed by atoms with Gasteiger partial charge in [-0.3, -0.25) is 14.3 Å². The Labute approximate surface area is 197 Å². The number of carbonyl (C=O) groups is 1. The van der Waals surface area contributed by atoms with Gasteiger partial charge in [0.25, 0.3) is 6.43 Å². The van der Waals surface area contributed by atoms with Gasteiger partial charge in [-0.1, -0.05) is 18.6 Å². The lowest BCUT2D eigenvalue weighted by molar-refractivity contribution is -0.137. The summed E-state index contributed by atoms with van der Waals surface area (Å²) in [5, 5.41) is 7.81. The first-order valence-corrected chi connectivity index (χ1v) is 11.3. The van der Waals surface area contributed by atoms with Crippen LogP contribution in [0.5, 0.6) is 0 Å². The van der Waals surface area contributed by atoms with E-state index >= 15 is 0 Å². The number of anilines is 1. The number of fused-ring (bicyclic) bond motifs is 1. The normalized spacial score (nSPS) is 22.3. The van der Waals surface area contributed by atoms with Crippen LogP contribution in [-0.4, -0.2) is 25.7 Å². The van der Waals surface area contributed by atoms with Gasteiger partial charge >= 0.3 is 6.18 Å². The van der Waals surface area contributed by atoms with E-state index < -0.39 is 35.9 Å². The van der Waals surface area contributed by atoms with Crippen molar-refractivity contribution in [3.8, 4) is 5.69 Å². The van der Waals surface area contributed by atoms with Gasteiger partial charge in [0.1, 0.15) is 11.9 Å². The summed E-state index contributed by atoms with van der Waals surface area (Å²) in [4.78, 5) is 18.9. The highest BCUT2D eigenvalue weighted by Crippen LogP contribution is 2.52. The second kappa shape index (κ2) is 8.39. The Morgan fingerprint density at radius 2 is 1.83 bits per heavy atom. The van der Waals surface area contributed by atoms with Crippen molar-refractivity contribution in [1.29, 1.82) is 0 Å². The molecule has 1 saturated heterocycles. The van der Waals surface area contributed by atoms with Crippen LogP contribution in [0.2, 0.25) is 0 Å². The van der Waals surface area contributed by atoms with Crippen LogP contribution < -0.4 is 4.90 Å². The SMILES string of the molecule is Cc1cccc(-n2c(C(F)F)nnc2[C@@H]2[C@H]3CCC[C@H]3C(=O)N2c2cc(C(F)(F)F)cc(C)n2)c1. The molecule has 1 amide bonds. The summed E-state index contributed by atoms with van der Waals surface area (Å²) in [6, 6.07) is 7.70. The number of carbonyl (C=O) groups excluding carboxylic acids is 1. The van der Waals surface area contributed by atoms with E-state index in [9.17, 15) is 26.7 Å². The summed E-state index contributed by atoms with van der Waals surface area (Å²) in [6.07, 6.45) is -5.66. The Morgan fingerprint density at radius 1 is 1.06 bits per heavy atom. The molecule has 11 heteroatoms. The van der Waals surface area contributed by atoms with Crippen molar-refractivity contribution in [3.63, 3.8) is 0 Å². The first kappa shape index (κ1) is 23.4. The summed E-state index contributed by atoms with van der Waals surface area (Å²) in [6.45, 7) is 3.22. The van der Waals surface area contributed by atoms with Crippen LogP contribution in [0.1, 0.15) is 60.2 Å². The van der Waals surface area contributed by atoms with Crippen LogP contribution in [0.25, 0.3) is 5.69 Å². The summed E-state index contributed by atoms with van der Waals surface area (Å²) < 4.78 is 69.8. The third kappa shape index (κ3) is 3.96. The van der Waals surface area contributed by atoms with Crippen molar-refractivity contribution < 1.29 is 26.7 Å². The average molecular weight is 491 g/mol. The lowest BCUT2D eigenvalue weighted by Crippen LogP contribution is -2.33. The maximum atomic E-state index is 14.0. The topological polar surface area (TPSA) is 63.9 Å². The minimum Gasteiger partial charge on any atom is -0.285 e. The maximum Gasteiger partial charge on any atom is 0.416 e. The Morgan fingerprint density at radius 3 is 2.51 bits per heavy atom. The molecule has 0 radical (unpaired) electrons. The fourth-order valence-electron chi connectivity index (χ4n) is 5.35. The third-order valence-corrected chi connectivity index (χ3v) is 6.75. The number of rotatable bonds is 4. The lowest BCUT2D eigenvalue weighted by Gasteiger charge is -2.28. The van der Waals surface area contributed by atoms with Gasteiger partial charge < -0.3 is 0 Å². The van der Waals surface area contributed by atoms with Gasteiger partial charge in [0.15, 0.2) is 5.82 Å². The van der Waals surface area contributed by atoms with E-state index in [2.05, 4.69) is 15.2 Å². The fourth-order valence-corrected chi connectivity index (χ4v) is 5.35. The number of pyridine rings is 1. The predicted octanol–water partition coefficient (Wildman–Crippen LogP) is 5.74. The summed E-state index contributed by atoms with van der Waals surface area (Å²) in [5.74, 6) is -1.80. The zero-order valence-corrected chi connectivity index (χ0v) is 18.9. The Bertz CT molecular complexity index is 1290. The zero-order chi connectivity index (χ0) is 25.1. The lowest BCUT2D eigenvalue weighted by atomic mass is 9.93. The van der Waals surface area contributed by atoms with Crippen molar-refractivity contribution in [3.05, 3.63) is 64.9 Å². The first-order chi connectivity index (χ1) is 16.6. The molecule has 0 unspecified atom stereocenters. The molecule has 1 aliphatic carbocycles. The molecular formula is C24H22F5N5O. The van der Waals surface area contributed by atoms with E-state index in [0.717, 1.165) is 24.1 Å². The number of halogens is 5. The number of aromatic nitrogens is 4. The molecule has 3 atom stereocenters. The van der Waals surface area contributed by atoms with E-state index in [4.69, 9.17) is 0 Å². The van der Waals surface area contributed by atoms with Crippen LogP contribution >= 0.6 is 0 Å². The van der Waals surface area contributed by atoms with Crippen LogP contribution in [0, 0.1) is 25.7 Å². The van der Waals surface area contributed by atoms with E-state index in [1.54, 1.807) is 18.2 Å². The first-order valence-electron chi connectivity index (χ1n) is 11.3. The largest absolute Gasteiger partial charge is 0.416 e. The van der Waals surface area contributed by atoms with Crippen molar-refractivity contribution in [2.75, 3.05) is 4.90 Å². The smallest absolute Gasteiger partial charge is 0.285 e. The molecule has 6 nitrogen and oxygen atoms in total. The molecule has 2 aromatic heterocycles. The molecule has 1 aromatic carbocycles. The van der Waals surface area contributed by atoms with E-state index in [1.165, 1.54) is 16.4 Å². The second-order valence-corrected chi connectivity index (χ2v) is 9.10. The molecule has 0 bridgehead atoms. The highest BCUT2D eigenvalue weighted by atomic mass is 19.4. The third-order valence-electron chi connectivity index (χ3n) is 6.75. The van der Waals surface area contributed by atoms with Crippen molar-refractivity contribution in [2.24, 2.45) is 11.8 Å². The van der Waals surface area contributed by atoms with Crippen LogP contribution in [-0.2, 0) is 11.0 Å². The summed E-state index contributed by atoms with van der Waals surface area (Å²) in [5.41, 5.74) is 0.363. The highest BCUT2D eigenvalue weighted by molar-refractivity contribution is 5.98. The Balaban J connectivity index is 1.72. The minimum atomic E-state index is -4.64. The Kier molecular flexibility index (Phi) is 5.60. The van der Waals surface area contributed by atoms with Gasteiger partial charge in [0.05, 0.1) is 5.56 Å².